The minimum absolute atomic E-state index is 0.180. The number of methoxy groups -OCH3 is 1. The van der Waals surface area contributed by atoms with Gasteiger partial charge < -0.3 is 29.9 Å². The smallest absolute Gasteiger partial charge is 0.305 e. The van der Waals surface area contributed by atoms with E-state index in [1.165, 1.54) is 30.3 Å². The number of hydrogen-bond acceptors (Lipinski definition) is 5. The highest BCUT2D eigenvalue weighted by Gasteiger charge is 2.29. The van der Waals surface area contributed by atoms with Crippen LogP contribution in [0, 0.1) is 11.6 Å². The third-order valence-corrected chi connectivity index (χ3v) is 7.23. The third kappa shape index (κ3) is 8.23. The standard InChI is InChI=1S/C35H36F2N2O6/c1-21(2)39-30(16-15-27(40)18-28(41)19-31(42)43)32(23-7-11-25(36)12-8-23)33(24-9-13-26(37)14-10-24)34(39)35(44)38-20-22-5-4-6-29(17-22)45-3/h4-17,21,27-28,40-41H,18-20H2,1-3H3,(H,38,44)(H,42,43)/b16-15+/t27-,28+/m0/s1. The molecule has 1 aromatic heterocycles. The molecule has 10 heteroatoms. The molecule has 4 aromatic rings. The summed E-state index contributed by atoms with van der Waals surface area (Å²) >= 11 is 0. The molecule has 0 bridgehead atoms. The molecule has 1 heterocycles. The highest BCUT2D eigenvalue weighted by atomic mass is 19.1. The summed E-state index contributed by atoms with van der Waals surface area (Å²) in [6.07, 6.45) is -0.226. The van der Waals surface area contributed by atoms with Gasteiger partial charge in [0.15, 0.2) is 0 Å². The molecule has 236 valence electrons. The van der Waals surface area contributed by atoms with Crippen LogP contribution in [0.4, 0.5) is 8.78 Å². The summed E-state index contributed by atoms with van der Waals surface area (Å²) < 4.78 is 35.2. The van der Waals surface area contributed by atoms with Gasteiger partial charge in [-0.2, -0.15) is 0 Å². The SMILES string of the molecule is COc1cccc(CNC(=O)c2c(-c3ccc(F)cc3)c(-c3ccc(F)cc3)c(/C=C/[C@H](O)C[C@@H](O)CC(=O)O)n2C(C)C)c1. The Bertz CT molecular complexity index is 1660. The molecule has 0 fully saturated rings. The van der Waals surface area contributed by atoms with E-state index in [1.54, 1.807) is 54.2 Å². The number of hydrogen-bond donors (Lipinski definition) is 4. The zero-order valence-corrected chi connectivity index (χ0v) is 25.2. The lowest BCUT2D eigenvalue weighted by Crippen LogP contribution is -2.27. The first-order valence-electron chi connectivity index (χ1n) is 14.5. The number of aliphatic hydroxyl groups is 2. The van der Waals surface area contributed by atoms with Crippen molar-refractivity contribution in [2.75, 3.05) is 7.11 Å². The van der Waals surface area contributed by atoms with E-state index in [9.17, 15) is 28.6 Å². The summed E-state index contributed by atoms with van der Waals surface area (Å²) in [4.78, 5) is 25.1. The Morgan fingerprint density at radius 3 is 2.09 bits per heavy atom. The molecule has 0 aliphatic heterocycles. The molecule has 45 heavy (non-hydrogen) atoms. The van der Waals surface area contributed by atoms with Crippen LogP contribution in [0.2, 0.25) is 0 Å². The first-order chi connectivity index (χ1) is 21.5. The summed E-state index contributed by atoms with van der Waals surface area (Å²) in [5.74, 6) is -1.90. The summed E-state index contributed by atoms with van der Waals surface area (Å²) in [5, 5.41) is 32.7. The van der Waals surface area contributed by atoms with Crippen LogP contribution in [-0.4, -0.2) is 51.1 Å². The van der Waals surface area contributed by atoms with Gasteiger partial charge in [0.25, 0.3) is 5.91 Å². The molecule has 0 radical (unpaired) electrons. The number of rotatable bonds is 13. The normalized spacial score (nSPS) is 12.8. The molecule has 0 aliphatic carbocycles. The summed E-state index contributed by atoms with van der Waals surface area (Å²) in [6.45, 7) is 3.94. The highest BCUT2D eigenvalue weighted by Crippen LogP contribution is 2.42. The van der Waals surface area contributed by atoms with E-state index >= 15 is 0 Å². The molecular formula is C35H36F2N2O6. The van der Waals surface area contributed by atoms with Gasteiger partial charge in [-0.3, -0.25) is 9.59 Å². The average Bonchev–Trinajstić information content (AvgIpc) is 3.34. The third-order valence-electron chi connectivity index (χ3n) is 7.23. The maximum atomic E-state index is 14.1. The number of carbonyl (C=O) groups excluding carboxylic acids is 1. The number of aliphatic hydroxyl groups excluding tert-OH is 2. The van der Waals surface area contributed by atoms with Gasteiger partial charge in [-0.15, -0.1) is 0 Å². The van der Waals surface area contributed by atoms with E-state index in [-0.39, 0.29) is 24.7 Å². The largest absolute Gasteiger partial charge is 0.497 e. The van der Waals surface area contributed by atoms with Crippen LogP contribution in [0.3, 0.4) is 0 Å². The van der Waals surface area contributed by atoms with Crippen molar-refractivity contribution in [2.45, 2.75) is 51.5 Å². The Balaban J connectivity index is 1.92. The van der Waals surface area contributed by atoms with Crippen LogP contribution in [0.1, 0.15) is 54.5 Å². The van der Waals surface area contributed by atoms with Crippen molar-refractivity contribution >= 4 is 18.0 Å². The maximum absolute atomic E-state index is 14.1. The van der Waals surface area contributed by atoms with Gasteiger partial charge in [0.2, 0.25) is 0 Å². The number of carboxylic acids is 1. The van der Waals surface area contributed by atoms with Crippen LogP contribution >= 0.6 is 0 Å². The molecule has 1 amide bonds. The van der Waals surface area contributed by atoms with Crippen molar-refractivity contribution in [2.24, 2.45) is 0 Å². The van der Waals surface area contributed by atoms with E-state index in [2.05, 4.69) is 5.32 Å². The van der Waals surface area contributed by atoms with Crippen LogP contribution < -0.4 is 10.1 Å². The van der Waals surface area contributed by atoms with E-state index in [0.29, 0.717) is 33.7 Å². The zero-order chi connectivity index (χ0) is 32.7. The van der Waals surface area contributed by atoms with Gasteiger partial charge in [-0.05, 0) is 73.0 Å². The molecule has 0 unspecified atom stereocenters. The highest BCUT2D eigenvalue weighted by molar-refractivity contribution is 6.06. The van der Waals surface area contributed by atoms with Gasteiger partial charge in [0.1, 0.15) is 23.1 Å². The molecule has 3 aromatic carbocycles. The fourth-order valence-corrected chi connectivity index (χ4v) is 5.23. The Hall–Kier alpha value is -4.80. The molecule has 0 spiro atoms. The number of ether oxygens (including phenoxy) is 1. The molecule has 8 nitrogen and oxygen atoms in total. The van der Waals surface area contributed by atoms with Crippen LogP contribution in [0.15, 0.2) is 78.9 Å². The molecule has 4 N–H and O–H groups in total. The number of nitrogens with zero attached hydrogens (tertiary/aromatic N) is 1. The monoisotopic (exact) mass is 618 g/mol. The second-order valence-corrected chi connectivity index (χ2v) is 10.9. The van der Waals surface area contributed by atoms with Gasteiger partial charge in [0, 0.05) is 35.8 Å². The predicted octanol–water partition coefficient (Wildman–Crippen LogP) is 6.22. The molecular weight excluding hydrogens is 582 g/mol. The van der Waals surface area contributed by atoms with E-state index in [1.807, 2.05) is 26.0 Å². The van der Waals surface area contributed by atoms with Crippen molar-refractivity contribution in [3.05, 3.63) is 107 Å². The van der Waals surface area contributed by atoms with Crippen molar-refractivity contribution in [1.29, 1.82) is 0 Å². The van der Waals surface area contributed by atoms with E-state index in [0.717, 1.165) is 5.56 Å². The molecule has 0 saturated carbocycles. The fourth-order valence-electron chi connectivity index (χ4n) is 5.23. The van der Waals surface area contributed by atoms with Gasteiger partial charge in [-0.1, -0.05) is 42.5 Å². The Labute approximate surface area is 260 Å². The first kappa shape index (κ1) is 33.1. The van der Waals surface area contributed by atoms with Crippen molar-refractivity contribution in [3.63, 3.8) is 0 Å². The van der Waals surface area contributed by atoms with Gasteiger partial charge >= 0.3 is 5.97 Å². The van der Waals surface area contributed by atoms with Crippen LogP contribution in [0.25, 0.3) is 28.3 Å². The quantitative estimate of drug-likeness (QED) is 0.141. The van der Waals surface area contributed by atoms with E-state index < -0.39 is 42.1 Å². The fraction of sp³-hybridized carbons (Fsp3) is 0.257. The molecule has 0 saturated heterocycles. The molecule has 2 atom stereocenters. The topological polar surface area (TPSA) is 121 Å². The number of carboxylic acid groups (broad SMARTS) is 1. The number of benzene rings is 3. The Kier molecular flexibility index (Phi) is 10.9. The summed E-state index contributed by atoms with van der Waals surface area (Å²) in [5.41, 5.74) is 3.67. The summed E-state index contributed by atoms with van der Waals surface area (Å²) in [7, 11) is 1.55. The summed E-state index contributed by atoms with van der Waals surface area (Å²) in [6, 6.07) is 18.4. The number of carbonyl (C=O) groups is 2. The second-order valence-electron chi connectivity index (χ2n) is 10.9. The lowest BCUT2D eigenvalue weighted by atomic mass is 9.94. The van der Waals surface area contributed by atoms with Gasteiger partial charge in [0.05, 0.1) is 25.7 Å². The molecule has 4 rings (SSSR count). The molecule has 0 aliphatic rings. The lowest BCUT2D eigenvalue weighted by Gasteiger charge is -2.17. The average molecular weight is 619 g/mol. The number of amides is 1. The van der Waals surface area contributed by atoms with Crippen molar-refractivity contribution < 1.29 is 38.4 Å². The number of aliphatic carboxylic acids is 1. The van der Waals surface area contributed by atoms with Crippen LogP contribution in [-0.2, 0) is 11.3 Å². The predicted molar refractivity (Wildman–Crippen MR) is 168 cm³/mol. The minimum Gasteiger partial charge on any atom is -0.497 e. The maximum Gasteiger partial charge on any atom is 0.305 e. The number of nitrogens with one attached hydrogen (secondary N) is 1. The Morgan fingerprint density at radius 1 is 0.933 bits per heavy atom. The number of halogens is 2. The van der Waals surface area contributed by atoms with Crippen molar-refractivity contribution in [1.82, 2.24) is 9.88 Å². The van der Waals surface area contributed by atoms with Crippen molar-refractivity contribution in [3.8, 4) is 28.0 Å². The van der Waals surface area contributed by atoms with E-state index in [4.69, 9.17) is 9.84 Å². The Morgan fingerprint density at radius 2 is 1.53 bits per heavy atom. The minimum atomic E-state index is -1.27. The number of aromatic nitrogens is 1. The first-order valence-corrected chi connectivity index (χ1v) is 14.5. The van der Waals surface area contributed by atoms with Gasteiger partial charge in [-0.25, -0.2) is 8.78 Å². The second kappa shape index (κ2) is 14.8. The van der Waals surface area contributed by atoms with Crippen LogP contribution in [0.5, 0.6) is 5.75 Å². The lowest BCUT2D eigenvalue weighted by molar-refractivity contribution is -0.139. The zero-order valence-electron chi connectivity index (χ0n) is 25.2.